The Bertz CT molecular complexity index is 756. The van der Waals surface area contributed by atoms with E-state index in [2.05, 4.69) is 10.5 Å². The first-order valence-corrected chi connectivity index (χ1v) is 7.71. The average Bonchev–Trinajstić information content (AvgIpc) is 3.12. The minimum absolute atomic E-state index is 0.0240. The highest BCUT2D eigenvalue weighted by molar-refractivity contribution is 5.97. The molecule has 1 atom stereocenters. The third-order valence-electron chi connectivity index (χ3n) is 3.87. The number of rotatable bonds is 5. The molecule has 0 aliphatic carbocycles. The van der Waals surface area contributed by atoms with Crippen molar-refractivity contribution >= 4 is 17.5 Å². The quantitative estimate of drug-likeness (QED) is 0.897. The van der Waals surface area contributed by atoms with E-state index in [4.69, 9.17) is 9.26 Å². The lowest BCUT2D eigenvalue weighted by Gasteiger charge is -2.17. The van der Waals surface area contributed by atoms with Crippen LogP contribution in [0.4, 0.5) is 5.69 Å². The zero-order valence-corrected chi connectivity index (χ0v) is 13.6. The van der Waals surface area contributed by atoms with Crippen LogP contribution < -0.4 is 15.0 Å². The van der Waals surface area contributed by atoms with Gasteiger partial charge in [0.15, 0.2) is 0 Å². The maximum Gasteiger partial charge on any atom is 0.229 e. The molecule has 7 nitrogen and oxygen atoms in total. The van der Waals surface area contributed by atoms with E-state index in [1.807, 2.05) is 18.2 Å². The van der Waals surface area contributed by atoms with Gasteiger partial charge in [-0.25, -0.2) is 0 Å². The number of nitrogens with zero attached hydrogens (tertiary/aromatic N) is 2. The van der Waals surface area contributed by atoms with Crippen molar-refractivity contribution in [2.45, 2.75) is 25.8 Å². The summed E-state index contributed by atoms with van der Waals surface area (Å²) in [4.78, 5) is 26.0. The van der Waals surface area contributed by atoms with Gasteiger partial charge >= 0.3 is 0 Å². The summed E-state index contributed by atoms with van der Waals surface area (Å²) in [6.45, 7) is 2.24. The van der Waals surface area contributed by atoms with Crippen LogP contribution in [0.1, 0.15) is 17.9 Å². The van der Waals surface area contributed by atoms with Crippen LogP contribution in [0, 0.1) is 6.92 Å². The van der Waals surface area contributed by atoms with Gasteiger partial charge in [0.1, 0.15) is 11.5 Å². The molecule has 0 saturated carbocycles. The van der Waals surface area contributed by atoms with E-state index in [1.54, 1.807) is 31.1 Å². The van der Waals surface area contributed by atoms with E-state index < -0.39 is 0 Å². The molecule has 2 amide bonds. The molecule has 0 bridgehead atoms. The third kappa shape index (κ3) is 3.56. The van der Waals surface area contributed by atoms with Crippen LogP contribution in [0.3, 0.4) is 0 Å². The smallest absolute Gasteiger partial charge is 0.229 e. The topological polar surface area (TPSA) is 84.7 Å². The van der Waals surface area contributed by atoms with Gasteiger partial charge in [-0.3, -0.25) is 9.59 Å². The molecule has 1 aromatic carbocycles. The summed E-state index contributed by atoms with van der Waals surface area (Å²) in [5, 5.41) is 6.63. The number of carbonyl (C=O) groups is 2. The second-order valence-electron chi connectivity index (χ2n) is 5.79. The Labute approximate surface area is 139 Å². The van der Waals surface area contributed by atoms with Crippen LogP contribution >= 0.6 is 0 Å². The molecule has 1 N–H and O–H groups in total. The maximum atomic E-state index is 12.2. The van der Waals surface area contributed by atoms with Crippen molar-refractivity contribution in [3.05, 3.63) is 41.8 Å². The van der Waals surface area contributed by atoms with Gasteiger partial charge < -0.3 is 19.5 Å². The Morgan fingerprint density at radius 2 is 2.29 bits per heavy atom. The summed E-state index contributed by atoms with van der Waals surface area (Å²) in [5.74, 6) is 0.993. The zero-order valence-electron chi connectivity index (χ0n) is 13.6. The van der Waals surface area contributed by atoms with Crippen LogP contribution in [-0.2, 0) is 16.0 Å². The summed E-state index contributed by atoms with van der Waals surface area (Å²) in [6, 6.07) is 8.81. The molecular weight excluding hydrogens is 310 g/mol. The van der Waals surface area contributed by atoms with E-state index in [-0.39, 0.29) is 30.7 Å². The van der Waals surface area contributed by atoms with Gasteiger partial charge in [0.25, 0.3) is 0 Å². The van der Waals surface area contributed by atoms with Gasteiger partial charge in [0.2, 0.25) is 11.8 Å². The average molecular weight is 329 g/mol. The molecule has 24 heavy (non-hydrogen) atoms. The van der Waals surface area contributed by atoms with Crippen molar-refractivity contribution in [2.75, 3.05) is 18.6 Å². The SMILES string of the molecule is COc1cccc(N2C[C@@H](NC(=O)Cc3cc(C)no3)CC2=O)c1. The summed E-state index contributed by atoms with van der Waals surface area (Å²) >= 11 is 0. The number of methoxy groups -OCH3 is 1. The van der Waals surface area contributed by atoms with Gasteiger partial charge in [-0.15, -0.1) is 0 Å². The standard InChI is InChI=1S/C17H19N3O4/c1-11-6-15(24-19-11)9-16(21)18-12-7-17(22)20(10-12)13-4-3-5-14(8-13)23-2/h3-6,8,12H,7,9-10H2,1-2H3,(H,18,21)/t12-/m0/s1. The predicted octanol–water partition coefficient (Wildman–Crippen LogP) is 1.46. The van der Waals surface area contributed by atoms with E-state index >= 15 is 0 Å². The molecule has 2 heterocycles. The van der Waals surface area contributed by atoms with Crippen LogP contribution in [0.2, 0.25) is 0 Å². The normalized spacial score (nSPS) is 17.2. The van der Waals surface area contributed by atoms with Gasteiger partial charge in [-0.05, 0) is 19.1 Å². The highest BCUT2D eigenvalue weighted by atomic mass is 16.5. The number of aromatic nitrogens is 1. The molecule has 0 radical (unpaired) electrons. The molecule has 1 fully saturated rings. The maximum absolute atomic E-state index is 12.2. The first-order chi connectivity index (χ1) is 11.5. The largest absolute Gasteiger partial charge is 0.497 e. The van der Waals surface area contributed by atoms with Crippen molar-refractivity contribution in [1.82, 2.24) is 10.5 Å². The van der Waals surface area contributed by atoms with Crippen LogP contribution in [-0.4, -0.2) is 36.7 Å². The minimum Gasteiger partial charge on any atom is -0.497 e. The second-order valence-corrected chi connectivity index (χ2v) is 5.79. The lowest BCUT2D eigenvalue weighted by molar-refractivity contribution is -0.121. The van der Waals surface area contributed by atoms with Crippen LogP contribution in [0.5, 0.6) is 5.75 Å². The summed E-state index contributed by atoms with van der Waals surface area (Å²) < 4.78 is 10.2. The number of anilines is 1. The van der Waals surface area contributed by atoms with E-state index in [1.165, 1.54) is 0 Å². The molecule has 7 heteroatoms. The first kappa shape index (κ1) is 16.0. The van der Waals surface area contributed by atoms with Gasteiger partial charge in [-0.1, -0.05) is 11.2 Å². The van der Waals surface area contributed by atoms with Crippen LogP contribution in [0.25, 0.3) is 0 Å². The molecular formula is C17H19N3O4. The number of aryl methyl sites for hydroxylation is 1. The van der Waals surface area contributed by atoms with Gasteiger partial charge in [0.05, 0.1) is 25.3 Å². The van der Waals surface area contributed by atoms with Crippen molar-refractivity contribution in [2.24, 2.45) is 0 Å². The summed E-state index contributed by atoms with van der Waals surface area (Å²) in [5.41, 5.74) is 1.50. The first-order valence-electron chi connectivity index (χ1n) is 7.71. The fraction of sp³-hybridized carbons (Fsp3) is 0.353. The molecule has 1 aliphatic heterocycles. The molecule has 1 aromatic heterocycles. The highest BCUT2D eigenvalue weighted by Crippen LogP contribution is 2.25. The molecule has 2 aromatic rings. The molecule has 1 aliphatic rings. The Morgan fingerprint density at radius 1 is 1.46 bits per heavy atom. The molecule has 3 rings (SSSR count). The molecule has 1 saturated heterocycles. The lowest BCUT2D eigenvalue weighted by atomic mass is 10.2. The fourth-order valence-electron chi connectivity index (χ4n) is 2.77. The number of amides is 2. The zero-order chi connectivity index (χ0) is 17.1. The number of benzene rings is 1. The van der Waals surface area contributed by atoms with Crippen LogP contribution in [0.15, 0.2) is 34.9 Å². The predicted molar refractivity (Wildman–Crippen MR) is 86.8 cm³/mol. The number of ether oxygens (including phenoxy) is 1. The Balaban J connectivity index is 1.60. The van der Waals surface area contributed by atoms with Gasteiger partial charge in [-0.2, -0.15) is 0 Å². The molecule has 0 unspecified atom stereocenters. The fourth-order valence-corrected chi connectivity index (χ4v) is 2.77. The lowest BCUT2D eigenvalue weighted by Crippen LogP contribution is -2.37. The van der Waals surface area contributed by atoms with Crippen molar-refractivity contribution < 1.29 is 18.8 Å². The van der Waals surface area contributed by atoms with Crippen molar-refractivity contribution in [3.8, 4) is 5.75 Å². The number of carbonyl (C=O) groups excluding carboxylic acids is 2. The molecule has 126 valence electrons. The van der Waals surface area contributed by atoms with E-state index in [0.717, 1.165) is 11.4 Å². The third-order valence-corrected chi connectivity index (χ3v) is 3.87. The second kappa shape index (κ2) is 6.74. The van der Waals surface area contributed by atoms with E-state index in [9.17, 15) is 9.59 Å². The summed E-state index contributed by atoms with van der Waals surface area (Å²) in [6.07, 6.45) is 0.392. The highest BCUT2D eigenvalue weighted by Gasteiger charge is 2.31. The number of hydrogen-bond acceptors (Lipinski definition) is 5. The van der Waals surface area contributed by atoms with Crippen molar-refractivity contribution in [3.63, 3.8) is 0 Å². The minimum atomic E-state index is -0.222. The number of hydrogen-bond donors (Lipinski definition) is 1. The summed E-state index contributed by atoms with van der Waals surface area (Å²) in [7, 11) is 1.58. The molecule has 0 spiro atoms. The van der Waals surface area contributed by atoms with E-state index in [0.29, 0.717) is 18.1 Å². The Hall–Kier alpha value is -2.83. The Kier molecular flexibility index (Phi) is 4.50. The monoisotopic (exact) mass is 329 g/mol. The van der Waals surface area contributed by atoms with Gasteiger partial charge in [0, 0.05) is 30.8 Å². The Morgan fingerprint density at radius 3 is 3.00 bits per heavy atom. The van der Waals surface area contributed by atoms with Crippen molar-refractivity contribution in [1.29, 1.82) is 0 Å². The number of nitrogens with one attached hydrogen (secondary N) is 1.